The molecule has 1 saturated heterocycles. The van der Waals surface area contributed by atoms with Gasteiger partial charge in [-0.15, -0.1) is 0 Å². The highest BCUT2D eigenvalue weighted by Gasteiger charge is 2.44. The second kappa shape index (κ2) is 11.7. The van der Waals surface area contributed by atoms with E-state index in [4.69, 9.17) is 18.9 Å². The van der Waals surface area contributed by atoms with Gasteiger partial charge in [-0.2, -0.15) is 0 Å². The molecule has 0 bridgehead atoms. The summed E-state index contributed by atoms with van der Waals surface area (Å²) < 4.78 is 21.7. The normalized spacial score (nSPS) is 18.3. The summed E-state index contributed by atoms with van der Waals surface area (Å²) in [7, 11) is 0. The zero-order chi connectivity index (χ0) is 25.4. The number of carbonyl (C=O) groups excluding carboxylic acids is 3. The zero-order valence-corrected chi connectivity index (χ0v) is 20.6. The molecule has 0 spiro atoms. The van der Waals surface area contributed by atoms with Crippen LogP contribution in [0.15, 0.2) is 54.6 Å². The van der Waals surface area contributed by atoms with Gasteiger partial charge >= 0.3 is 18.0 Å². The number of nitrogens with one attached hydrogen (secondary N) is 1. The fourth-order valence-electron chi connectivity index (χ4n) is 3.74. The molecule has 35 heavy (non-hydrogen) atoms. The number of esters is 2. The van der Waals surface area contributed by atoms with Crippen LogP contribution in [0, 0.1) is 5.92 Å². The zero-order valence-electron chi connectivity index (χ0n) is 20.6. The smallest absolute Gasteiger partial charge is 0.408 e. The first-order chi connectivity index (χ1) is 16.6. The lowest BCUT2D eigenvalue weighted by Gasteiger charge is -2.26. The Labute approximate surface area is 205 Å². The van der Waals surface area contributed by atoms with E-state index in [1.165, 1.54) is 0 Å². The third-order valence-corrected chi connectivity index (χ3v) is 5.37. The van der Waals surface area contributed by atoms with Crippen LogP contribution in [0.4, 0.5) is 4.79 Å². The maximum Gasteiger partial charge on any atom is 0.408 e. The molecular weight excluding hydrogens is 450 g/mol. The minimum absolute atomic E-state index is 0.121. The van der Waals surface area contributed by atoms with Crippen LogP contribution in [0.5, 0.6) is 5.75 Å². The van der Waals surface area contributed by atoms with Crippen LogP contribution >= 0.6 is 0 Å². The van der Waals surface area contributed by atoms with Crippen molar-refractivity contribution in [1.29, 1.82) is 0 Å². The Morgan fingerprint density at radius 1 is 1.06 bits per heavy atom. The summed E-state index contributed by atoms with van der Waals surface area (Å²) in [5, 5.41) is 2.82. The molecule has 188 valence electrons. The highest BCUT2D eigenvalue weighted by molar-refractivity contribution is 5.96. The summed E-state index contributed by atoms with van der Waals surface area (Å²) in [6, 6.07) is 16.8. The van der Waals surface area contributed by atoms with Crippen LogP contribution in [0.2, 0.25) is 0 Å². The molecule has 1 N–H and O–H groups in total. The minimum Gasteiger partial charge on any atom is -0.489 e. The van der Waals surface area contributed by atoms with Crippen molar-refractivity contribution in [3.63, 3.8) is 0 Å². The van der Waals surface area contributed by atoms with Crippen LogP contribution in [-0.2, 0) is 36.8 Å². The highest BCUT2D eigenvalue weighted by Crippen LogP contribution is 2.27. The van der Waals surface area contributed by atoms with Crippen molar-refractivity contribution >= 4 is 18.0 Å². The fourth-order valence-corrected chi connectivity index (χ4v) is 3.74. The maximum absolute atomic E-state index is 12.5. The predicted octanol–water partition coefficient (Wildman–Crippen LogP) is 4.20. The van der Waals surface area contributed by atoms with Gasteiger partial charge in [0.2, 0.25) is 0 Å². The van der Waals surface area contributed by atoms with Gasteiger partial charge in [0, 0.05) is 6.42 Å². The number of benzene rings is 2. The molecule has 1 aliphatic rings. The molecule has 3 atom stereocenters. The summed E-state index contributed by atoms with van der Waals surface area (Å²) in [5.74, 6) is -1.55. The van der Waals surface area contributed by atoms with Gasteiger partial charge in [0.25, 0.3) is 0 Å². The maximum atomic E-state index is 12.5. The summed E-state index contributed by atoms with van der Waals surface area (Å²) >= 11 is 0. The molecule has 0 aromatic heterocycles. The van der Waals surface area contributed by atoms with Gasteiger partial charge in [-0.25, -0.2) is 4.79 Å². The molecule has 0 saturated carbocycles. The lowest BCUT2D eigenvalue weighted by Crippen LogP contribution is -2.46. The molecule has 0 aliphatic carbocycles. The molecule has 2 aromatic rings. The Balaban J connectivity index is 1.68. The van der Waals surface area contributed by atoms with Gasteiger partial charge in [-0.1, -0.05) is 42.5 Å². The molecule has 2 aromatic carbocycles. The quantitative estimate of drug-likeness (QED) is 0.324. The summed E-state index contributed by atoms with van der Waals surface area (Å²) in [6.07, 6.45) is -0.832. The van der Waals surface area contributed by atoms with E-state index in [9.17, 15) is 14.4 Å². The van der Waals surface area contributed by atoms with Gasteiger partial charge < -0.3 is 24.3 Å². The van der Waals surface area contributed by atoms with Gasteiger partial charge in [0.15, 0.2) is 5.92 Å². The molecule has 1 fully saturated rings. The van der Waals surface area contributed by atoms with Crippen molar-refractivity contribution in [1.82, 2.24) is 5.32 Å². The number of alkyl carbamates (subject to hydrolysis) is 1. The molecule has 3 rings (SSSR count). The lowest BCUT2D eigenvalue weighted by molar-refractivity contribution is -0.156. The van der Waals surface area contributed by atoms with E-state index < -0.39 is 41.7 Å². The van der Waals surface area contributed by atoms with Crippen LogP contribution in [0.3, 0.4) is 0 Å². The van der Waals surface area contributed by atoms with Gasteiger partial charge in [0.1, 0.15) is 24.1 Å². The fraction of sp³-hybridized carbons (Fsp3) is 0.444. The first-order valence-corrected chi connectivity index (χ1v) is 11.8. The van der Waals surface area contributed by atoms with E-state index in [2.05, 4.69) is 5.32 Å². The highest BCUT2D eigenvalue weighted by atomic mass is 16.6. The van der Waals surface area contributed by atoms with E-state index in [-0.39, 0.29) is 13.0 Å². The summed E-state index contributed by atoms with van der Waals surface area (Å²) in [6.45, 7) is 7.60. The van der Waals surface area contributed by atoms with Crippen molar-refractivity contribution in [2.75, 3.05) is 6.61 Å². The second-order valence-electron chi connectivity index (χ2n) is 9.39. The molecule has 1 amide bonds. The van der Waals surface area contributed by atoms with Crippen molar-refractivity contribution in [3.05, 3.63) is 65.7 Å². The van der Waals surface area contributed by atoms with E-state index in [1.807, 2.05) is 54.6 Å². The molecule has 1 unspecified atom stereocenters. The van der Waals surface area contributed by atoms with Crippen molar-refractivity contribution < 1.29 is 33.3 Å². The van der Waals surface area contributed by atoms with Crippen LogP contribution in [0.25, 0.3) is 0 Å². The van der Waals surface area contributed by atoms with Gasteiger partial charge in [0.05, 0.1) is 12.6 Å². The average Bonchev–Trinajstić information content (AvgIpc) is 3.19. The number of amides is 1. The first-order valence-electron chi connectivity index (χ1n) is 11.8. The van der Waals surface area contributed by atoms with Crippen molar-refractivity contribution in [2.45, 2.75) is 64.9 Å². The largest absolute Gasteiger partial charge is 0.489 e. The predicted molar refractivity (Wildman–Crippen MR) is 129 cm³/mol. The standard InChI is InChI=1S/C27H33NO7/c1-5-32-24(29)21-16-23(34-25(21)30)22(28-26(31)35-27(2,3)4)15-18-11-13-20(14-12-18)33-17-19-9-7-6-8-10-19/h6-14,21-23H,5,15-17H2,1-4H3,(H,28,31)/t21?,22-,23-/m0/s1. The number of cyclic esters (lactones) is 1. The number of hydrogen-bond acceptors (Lipinski definition) is 7. The van der Waals surface area contributed by atoms with Gasteiger partial charge in [-0.05, 0) is 57.4 Å². The second-order valence-corrected chi connectivity index (χ2v) is 9.39. The molecule has 0 radical (unpaired) electrons. The Morgan fingerprint density at radius 2 is 1.74 bits per heavy atom. The molecule has 8 nitrogen and oxygen atoms in total. The molecule has 1 heterocycles. The van der Waals surface area contributed by atoms with Crippen molar-refractivity contribution in [3.8, 4) is 5.75 Å². The van der Waals surface area contributed by atoms with E-state index in [0.717, 1.165) is 11.1 Å². The van der Waals surface area contributed by atoms with Gasteiger partial charge in [-0.3, -0.25) is 9.59 Å². The Bertz CT molecular complexity index is 998. The molecular formula is C27H33NO7. The van der Waals surface area contributed by atoms with E-state index in [1.54, 1.807) is 27.7 Å². The third-order valence-electron chi connectivity index (χ3n) is 5.37. The lowest BCUT2D eigenvalue weighted by atomic mass is 9.96. The molecule has 1 aliphatic heterocycles. The average molecular weight is 484 g/mol. The van der Waals surface area contributed by atoms with Crippen LogP contribution in [0.1, 0.15) is 45.2 Å². The Hall–Kier alpha value is -3.55. The number of rotatable bonds is 9. The third kappa shape index (κ3) is 8.02. The van der Waals surface area contributed by atoms with E-state index >= 15 is 0 Å². The summed E-state index contributed by atoms with van der Waals surface area (Å²) in [5.41, 5.74) is 1.28. The monoisotopic (exact) mass is 483 g/mol. The Morgan fingerprint density at radius 3 is 2.37 bits per heavy atom. The molecule has 8 heteroatoms. The number of hydrogen-bond donors (Lipinski definition) is 1. The van der Waals surface area contributed by atoms with E-state index in [0.29, 0.717) is 18.8 Å². The Kier molecular flexibility index (Phi) is 8.73. The minimum atomic E-state index is -1.00. The number of carbonyl (C=O) groups is 3. The summed E-state index contributed by atoms with van der Waals surface area (Å²) in [4.78, 5) is 37.0. The van der Waals surface area contributed by atoms with Crippen molar-refractivity contribution in [2.24, 2.45) is 5.92 Å². The first kappa shape index (κ1) is 26.1. The van der Waals surface area contributed by atoms with Crippen LogP contribution < -0.4 is 10.1 Å². The topological polar surface area (TPSA) is 100 Å². The van der Waals surface area contributed by atoms with Crippen LogP contribution in [-0.4, -0.2) is 42.4 Å². The SMILES string of the molecule is CCOC(=O)C1C[C@@H]([C@H](Cc2ccc(OCc3ccccc3)cc2)NC(=O)OC(C)(C)C)OC1=O. The number of ether oxygens (including phenoxy) is 4.